The monoisotopic (exact) mass is 296 g/mol. The molecule has 120 valence electrons. The number of hydrogen-bond donors (Lipinski definition) is 2. The first-order valence-corrected chi connectivity index (χ1v) is 7.82. The molecule has 0 saturated carbocycles. The van der Waals surface area contributed by atoms with Gasteiger partial charge in [-0.25, -0.2) is 0 Å². The molecule has 3 atom stereocenters. The van der Waals surface area contributed by atoms with Crippen LogP contribution in [-0.2, 0) is 9.59 Å². The quantitative estimate of drug-likeness (QED) is 0.671. The topological polar surface area (TPSA) is 69.6 Å². The van der Waals surface area contributed by atoms with Gasteiger partial charge in [-0.05, 0) is 31.6 Å². The fraction of sp³-hybridized carbons (Fsp3) is 0.750. The van der Waals surface area contributed by atoms with Crippen LogP contribution >= 0.6 is 0 Å². The third kappa shape index (κ3) is 5.87. The predicted molar refractivity (Wildman–Crippen MR) is 83.0 cm³/mol. The molecule has 0 aromatic carbocycles. The lowest BCUT2D eigenvalue weighted by Crippen LogP contribution is -2.39. The number of rotatable bonds is 8. The van der Waals surface area contributed by atoms with Gasteiger partial charge in [0.1, 0.15) is 6.04 Å². The molecule has 0 aromatic heterocycles. The second-order valence-corrected chi connectivity index (χ2v) is 5.88. The zero-order valence-corrected chi connectivity index (χ0v) is 13.3. The summed E-state index contributed by atoms with van der Waals surface area (Å²) in [4.78, 5) is 24.4. The summed E-state index contributed by atoms with van der Waals surface area (Å²) in [7, 11) is 0. The largest absolute Gasteiger partial charge is 0.480 e. The van der Waals surface area contributed by atoms with Gasteiger partial charge in [0.25, 0.3) is 0 Å². The van der Waals surface area contributed by atoms with E-state index in [1.807, 2.05) is 13.0 Å². The van der Waals surface area contributed by atoms with Crippen molar-refractivity contribution in [2.75, 3.05) is 19.6 Å². The molecule has 0 spiro atoms. The van der Waals surface area contributed by atoms with Gasteiger partial charge in [0.2, 0.25) is 5.91 Å². The van der Waals surface area contributed by atoms with Gasteiger partial charge >= 0.3 is 5.97 Å². The third-order valence-electron chi connectivity index (χ3n) is 4.18. The van der Waals surface area contributed by atoms with Gasteiger partial charge in [0, 0.05) is 26.6 Å². The van der Waals surface area contributed by atoms with Crippen molar-refractivity contribution in [1.29, 1.82) is 0 Å². The van der Waals surface area contributed by atoms with Crippen molar-refractivity contribution in [2.45, 2.75) is 46.1 Å². The van der Waals surface area contributed by atoms with Crippen molar-refractivity contribution in [1.82, 2.24) is 10.2 Å². The summed E-state index contributed by atoms with van der Waals surface area (Å²) >= 11 is 0. The molecule has 5 nitrogen and oxygen atoms in total. The van der Waals surface area contributed by atoms with E-state index >= 15 is 0 Å². The van der Waals surface area contributed by atoms with Gasteiger partial charge < -0.3 is 10.4 Å². The van der Waals surface area contributed by atoms with Crippen molar-refractivity contribution < 1.29 is 14.7 Å². The van der Waals surface area contributed by atoms with E-state index in [4.69, 9.17) is 0 Å². The van der Waals surface area contributed by atoms with Crippen LogP contribution in [0.3, 0.4) is 0 Å². The van der Waals surface area contributed by atoms with Crippen LogP contribution in [0.2, 0.25) is 0 Å². The molecular formula is C16H28N2O3. The highest BCUT2D eigenvalue weighted by atomic mass is 16.4. The van der Waals surface area contributed by atoms with E-state index in [0.29, 0.717) is 24.8 Å². The summed E-state index contributed by atoms with van der Waals surface area (Å²) in [6, 6.07) is -0.374. The summed E-state index contributed by atoms with van der Waals surface area (Å²) in [6.45, 7) is 7.88. The molecule has 1 amide bonds. The number of carbonyl (C=O) groups excluding carboxylic acids is 1. The van der Waals surface area contributed by atoms with E-state index in [-0.39, 0.29) is 11.9 Å². The SMILES string of the molecule is CC=CC1CC(C(=O)O)N(C[C@H](CC)CCNC(C)=O)C1. The average Bonchev–Trinajstić information content (AvgIpc) is 2.80. The highest BCUT2D eigenvalue weighted by molar-refractivity contribution is 5.74. The zero-order valence-electron chi connectivity index (χ0n) is 13.3. The molecule has 0 radical (unpaired) electrons. The fourth-order valence-corrected chi connectivity index (χ4v) is 3.02. The standard InChI is InChI=1S/C16H28N2O3/c1-4-6-14-9-15(16(20)21)18(11-14)10-13(5-2)7-8-17-12(3)19/h4,6,13-15H,5,7-11H2,1-3H3,(H,17,19)(H,20,21)/t13-,14?,15?/m1/s1. The normalized spacial score (nSPS) is 24.3. The molecule has 21 heavy (non-hydrogen) atoms. The second-order valence-electron chi connectivity index (χ2n) is 5.88. The molecule has 5 heteroatoms. The molecule has 1 saturated heterocycles. The van der Waals surface area contributed by atoms with E-state index in [9.17, 15) is 14.7 Å². The Hall–Kier alpha value is -1.36. The molecule has 2 N–H and O–H groups in total. The number of allylic oxidation sites excluding steroid dienone is 1. The van der Waals surface area contributed by atoms with Crippen LogP contribution < -0.4 is 5.32 Å². The Morgan fingerprint density at radius 3 is 2.71 bits per heavy atom. The van der Waals surface area contributed by atoms with Crippen molar-refractivity contribution in [3.05, 3.63) is 12.2 Å². The van der Waals surface area contributed by atoms with Crippen molar-refractivity contribution in [3.63, 3.8) is 0 Å². The van der Waals surface area contributed by atoms with Crippen LogP contribution in [-0.4, -0.2) is 47.6 Å². The number of aliphatic carboxylic acids is 1. The summed E-state index contributed by atoms with van der Waals surface area (Å²) in [5, 5.41) is 12.2. The van der Waals surface area contributed by atoms with E-state index in [1.54, 1.807) is 0 Å². The van der Waals surface area contributed by atoms with Gasteiger partial charge in [0.05, 0.1) is 0 Å². The third-order valence-corrected chi connectivity index (χ3v) is 4.18. The van der Waals surface area contributed by atoms with Gasteiger partial charge in [-0.2, -0.15) is 0 Å². The first kappa shape index (κ1) is 17.7. The van der Waals surface area contributed by atoms with Crippen molar-refractivity contribution >= 4 is 11.9 Å². The van der Waals surface area contributed by atoms with Crippen LogP contribution in [0.15, 0.2) is 12.2 Å². The number of carbonyl (C=O) groups is 2. The number of likely N-dealkylation sites (tertiary alicyclic amines) is 1. The van der Waals surface area contributed by atoms with Crippen LogP contribution in [0.4, 0.5) is 0 Å². The lowest BCUT2D eigenvalue weighted by atomic mass is 10.0. The maximum absolute atomic E-state index is 11.4. The highest BCUT2D eigenvalue weighted by Crippen LogP contribution is 2.26. The minimum atomic E-state index is -0.723. The molecular weight excluding hydrogens is 268 g/mol. The Bertz CT molecular complexity index is 382. The Morgan fingerprint density at radius 1 is 1.48 bits per heavy atom. The molecule has 0 aliphatic carbocycles. The number of amides is 1. The fourth-order valence-electron chi connectivity index (χ4n) is 3.02. The molecule has 1 rings (SSSR count). The number of nitrogens with one attached hydrogen (secondary N) is 1. The zero-order chi connectivity index (χ0) is 15.8. The molecule has 1 aliphatic heterocycles. The molecule has 2 unspecified atom stereocenters. The Balaban J connectivity index is 2.55. The van der Waals surface area contributed by atoms with Crippen LogP contribution in [0.1, 0.15) is 40.0 Å². The van der Waals surface area contributed by atoms with Gasteiger partial charge in [-0.3, -0.25) is 14.5 Å². The Kier molecular flexibility index (Phi) is 7.43. The molecule has 0 bridgehead atoms. The number of carboxylic acids is 1. The van der Waals surface area contributed by atoms with Crippen LogP contribution in [0.25, 0.3) is 0 Å². The summed E-state index contributed by atoms with van der Waals surface area (Å²) in [5.41, 5.74) is 0. The second kappa shape index (κ2) is 8.82. The van der Waals surface area contributed by atoms with E-state index in [0.717, 1.165) is 25.9 Å². The lowest BCUT2D eigenvalue weighted by Gasteiger charge is -2.26. The minimum absolute atomic E-state index is 0.0115. The highest BCUT2D eigenvalue weighted by Gasteiger charge is 2.36. The van der Waals surface area contributed by atoms with E-state index < -0.39 is 5.97 Å². The maximum Gasteiger partial charge on any atom is 0.320 e. The summed E-state index contributed by atoms with van der Waals surface area (Å²) in [5.74, 6) is 0.0216. The smallest absolute Gasteiger partial charge is 0.320 e. The number of carboxylic acid groups (broad SMARTS) is 1. The van der Waals surface area contributed by atoms with Crippen LogP contribution in [0, 0.1) is 11.8 Å². The number of nitrogens with zero attached hydrogens (tertiary/aromatic N) is 1. The maximum atomic E-state index is 11.4. The van der Waals surface area contributed by atoms with E-state index in [2.05, 4.69) is 23.2 Å². The lowest BCUT2D eigenvalue weighted by molar-refractivity contribution is -0.142. The first-order chi connectivity index (χ1) is 9.97. The van der Waals surface area contributed by atoms with Gasteiger partial charge in [-0.15, -0.1) is 0 Å². The Labute approximate surface area is 127 Å². The number of hydrogen-bond acceptors (Lipinski definition) is 3. The van der Waals surface area contributed by atoms with Gasteiger partial charge in [0.15, 0.2) is 0 Å². The van der Waals surface area contributed by atoms with E-state index in [1.165, 1.54) is 6.92 Å². The van der Waals surface area contributed by atoms with Crippen molar-refractivity contribution in [2.24, 2.45) is 11.8 Å². The molecule has 1 fully saturated rings. The summed E-state index contributed by atoms with van der Waals surface area (Å²) in [6.07, 6.45) is 6.70. The Morgan fingerprint density at radius 2 is 2.19 bits per heavy atom. The minimum Gasteiger partial charge on any atom is -0.480 e. The van der Waals surface area contributed by atoms with Gasteiger partial charge in [-0.1, -0.05) is 25.5 Å². The molecule has 1 aliphatic rings. The first-order valence-electron chi connectivity index (χ1n) is 7.82. The van der Waals surface area contributed by atoms with Crippen molar-refractivity contribution in [3.8, 4) is 0 Å². The predicted octanol–water partition coefficient (Wildman–Crippen LogP) is 1.89. The molecule has 0 aromatic rings. The summed E-state index contributed by atoms with van der Waals surface area (Å²) < 4.78 is 0. The average molecular weight is 296 g/mol. The molecule has 1 heterocycles. The van der Waals surface area contributed by atoms with Crippen LogP contribution in [0.5, 0.6) is 0 Å².